The Labute approximate surface area is 108 Å². The third-order valence-electron chi connectivity index (χ3n) is 2.63. The normalized spacial score (nSPS) is 10.7. The molecule has 0 aliphatic carbocycles. The van der Waals surface area contributed by atoms with Gasteiger partial charge in [-0.1, -0.05) is 6.07 Å². The summed E-state index contributed by atoms with van der Waals surface area (Å²) in [5.41, 5.74) is 2.16. The van der Waals surface area contributed by atoms with Crippen LogP contribution in [0.4, 0.5) is 0 Å². The van der Waals surface area contributed by atoms with Crippen LogP contribution in [0.25, 0.3) is 16.0 Å². The number of hydrogen-bond donors (Lipinski definition) is 0. The highest BCUT2D eigenvalue weighted by Gasteiger charge is 2.05. The third kappa shape index (κ3) is 2.02. The Morgan fingerprint density at radius 3 is 2.89 bits per heavy atom. The zero-order valence-corrected chi connectivity index (χ0v) is 10.6. The summed E-state index contributed by atoms with van der Waals surface area (Å²) in [7, 11) is 0. The van der Waals surface area contributed by atoms with E-state index in [4.69, 9.17) is 4.74 Å². The summed E-state index contributed by atoms with van der Waals surface area (Å²) in [5.74, 6) is 0.273. The number of fused-ring (bicyclic) bond motifs is 1. The van der Waals surface area contributed by atoms with Gasteiger partial charge in [-0.15, -0.1) is 11.3 Å². The standard InChI is InChI=1S/C14H11NO2S/c1-10(16)17-13-7-12-5-4-11(8-15(12)9-13)14-3-2-6-18-14/h2-9H,1H3. The fourth-order valence-corrected chi connectivity index (χ4v) is 2.61. The van der Waals surface area contributed by atoms with Gasteiger partial charge in [0.1, 0.15) is 5.75 Å². The van der Waals surface area contributed by atoms with Gasteiger partial charge in [0, 0.05) is 35.1 Å². The van der Waals surface area contributed by atoms with Crippen LogP contribution < -0.4 is 4.74 Å². The Bertz CT molecular complexity index is 698. The molecule has 90 valence electrons. The van der Waals surface area contributed by atoms with E-state index >= 15 is 0 Å². The quantitative estimate of drug-likeness (QED) is 0.657. The molecule has 3 nitrogen and oxygen atoms in total. The smallest absolute Gasteiger partial charge is 0.308 e. The summed E-state index contributed by atoms with van der Waals surface area (Å²) in [5, 5.41) is 2.06. The van der Waals surface area contributed by atoms with Gasteiger partial charge in [0.25, 0.3) is 0 Å². The van der Waals surface area contributed by atoms with Gasteiger partial charge >= 0.3 is 5.97 Å². The van der Waals surface area contributed by atoms with Crippen LogP contribution >= 0.6 is 11.3 Å². The Morgan fingerprint density at radius 1 is 1.28 bits per heavy atom. The first-order chi connectivity index (χ1) is 8.72. The molecule has 0 amide bonds. The number of carbonyl (C=O) groups excluding carboxylic acids is 1. The fraction of sp³-hybridized carbons (Fsp3) is 0.0714. The van der Waals surface area contributed by atoms with Crippen LogP contribution in [-0.4, -0.2) is 10.4 Å². The highest BCUT2D eigenvalue weighted by Crippen LogP contribution is 2.26. The number of carbonyl (C=O) groups is 1. The number of thiophene rings is 1. The molecule has 0 unspecified atom stereocenters. The minimum atomic E-state index is -0.301. The summed E-state index contributed by atoms with van der Waals surface area (Å²) < 4.78 is 7.04. The number of nitrogens with zero attached hydrogens (tertiary/aromatic N) is 1. The Kier molecular flexibility index (Phi) is 2.64. The van der Waals surface area contributed by atoms with Gasteiger partial charge in [-0.05, 0) is 23.6 Å². The molecule has 3 rings (SSSR count). The van der Waals surface area contributed by atoms with E-state index < -0.39 is 0 Å². The largest absolute Gasteiger partial charge is 0.425 e. The SMILES string of the molecule is CC(=O)Oc1cc2ccc(-c3cccs3)cn2c1. The van der Waals surface area contributed by atoms with E-state index in [1.807, 2.05) is 35.0 Å². The van der Waals surface area contributed by atoms with E-state index in [0.717, 1.165) is 11.1 Å². The lowest BCUT2D eigenvalue weighted by molar-refractivity contribution is -0.131. The predicted octanol–water partition coefficient (Wildman–Crippen LogP) is 3.59. The minimum absolute atomic E-state index is 0.301. The van der Waals surface area contributed by atoms with Crippen LogP contribution in [0.3, 0.4) is 0 Å². The number of rotatable bonds is 2. The molecular formula is C14H11NO2S. The topological polar surface area (TPSA) is 30.7 Å². The van der Waals surface area contributed by atoms with E-state index in [0.29, 0.717) is 5.75 Å². The first kappa shape index (κ1) is 11.0. The summed E-state index contributed by atoms with van der Waals surface area (Å²) in [6.45, 7) is 1.40. The fourth-order valence-electron chi connectivity index (χ4n) is 1.89. The number of pyridine rings is 1. The second-order valence-electron chi connectivity index (χ2n) is 4.00. The maximum atomic E-state index is 10.9. The number of hydrogen-bond acceptors (Lipinski definition) is 3. The molecule has 0 fully saturated rings. The lowest BCUT2D eigenvalue weighted by Crippen LogP contribution is -1.99. The minimum Gasteiger partial charge on any atom is -0.425 e. The molecule has 0 atom stereocenters. The number of ether oxygens (including phenoxy) is 1. The maximum Gasteiger partial charge on any atom is 0.308 e. The van der Waals surface area contributed by atoms with Gasteiger partial charge < -0.3 is 9.14 Å². The maximum absolute atomic E-state index is 10.9. The van der Waals surface area contributed by atoms with Crippen molar-refractivity contribution >= 4 is 22.8 Å². The molecule has 0 saturated carbocycles. The third-order valence-corrected chi connectivity index (χ3v) is 3.55. The Morgan fingerprint density at radius 2 is 2.17 bits per heavy atom. The highest BCUT2D eigenvalue weighted by molar-refractivity contribution is 7.13. The van der Waals surface area contributed by atoms with Crippen molar-refractivity contribution in [2.75, 3.05) is 0 Å². The average Bonchev–Trinajstić information content (AvgIpc) is 2.94. The molecule has 0 radical (unpaired) electrons. The van der Waals surface area contributed by atoms with Gasteiger partial charge in [0.2, 0.25) is 0 Å². The van der Waals surface area contributed by atoms with Crippen LogP contribution in [0.2, 0.25) is 0 Å². The van der Waals surface area contributed by atoms with Gasteiger partial charge in [0.15, 0.2) is 0 Å². The molecule has 0 aliphatic rings. The van der Waals surface area contributed by atoms with Gasteiger partial charge in [-0.2, -0.15) is 0 Å². The molecule has 18 heavy (non-hydrogen) atoms. The van der Waals surface area contributed by atoms with Crippen LogP contribution in [0, 0.1) is 0 Å². The van der Waals surface area contributed by atoms with Crippen molar-refractivity contribution in [1.82, 2.24) is 4.40 Å². The monoisotopic (exact) mass is 257 g/mol. The van der Waals surface area contributed by atoms with Gasteiger partial charge in [-0.3, -0.25) is 4.79 Å². The van der Waals surface area contributed by atoms with Crippen LogP contribution in [0.1, 0.15) is 6.92 Å². The summed E-state index contributed by atoms with van der Waals surface area (Å²) in [4.78, 5) is 12.1. The molecule has 0 N–H and O–H groups in total. The summed E-state index contributed by atoms with van der Waals surface area (Å²) in [6, 6.07) is 10.0. The van der Waals surface area contributed by atoms with Crippen molar-refractivity contribution in [3.63, 3.8) is 0 Å². The molecule has 0 aliphatic heterocycles. The van der Waals surface area contributed by atoms with Crippen molar-refractivity contribution in [1.29, 1.82) is 0 Å². The first-order valence-electron chi connectivity index (χ1n) is 5.56. The zero-order chi connectivity index (χ0) is 12.5. The average molecular weight is 257 g/mol. The van der Waals surface area contributed by atoms with E-state index in [2.05, 4.69) is 17.5 Å². The van der Waals surface area contributed by atoms with E-state index in [-0.39, 0.29) is 5.97 Å². The molecule has 0 aromatic carbocycles. The molecule has 0 spiro atoms. The van der Waals surface area contributed by atoms with Gasteiger partial charge in [-0.25, -0.2) is 0 Å². The van der Waals surface area contributed by atoms with Crippen molar-refractivity contribution in [3.05, 3.63) is 48.1 Å². The van der Waals surface area contributed by atoms with E-state index in [9.17, 15) is 4.79 Å². The molecule has 3 aromatic rings. The van der Waals surface area contributed by atoms with Crippen molar-refractivity contribution < 1.29 is 9.53 Å². The lowest BCUT2D eigenvalue weighted by atomic mass is 10.2. The number of esters is 1. The molecule has 4 heteroatoms. The summed E-state index contributed by atoms with van der Waals surface area (Å²) in [6.07, 6.45) is 3.85. The molecule has 3 heterocycles. The summed E-state index contributed by atoms with van der Waals surface area (Å²) >= 11 is 1.70. The molecule has 0 bridgehead atoms. The lowest BCUT2D eigenvalue weighted by Gasteiger charge is -1.99. The molecule has 0 saturated heterocycles. The Balaban J connectivity index is 2.04. The highest BCUT2D eigenvalue weighted by atomic mass is 32.1. The van der Waals surface area contributed by atoms with Crippen LogP contribution in [-0.2, 0) is 4.79 Å². The Hall–Kier alpha value is -2.07. The number of aromatic nitrogens is 1. The van der Waals surface area contributed by atoms with E-state index in [1.165, 1.54) is 11.8 Å². The first-order valence-corrected chi connectivity index (χ1v) is 6.44. The molecular weight excluding hydrogens is 246 g/mol. The van der Waals surface area contributed by atoms with Crippen LogP contribution in [0.15, 0.2) is 48.1 Å². The second kappa shape index (κ2) is 4.31. The second-order valence-corrected chi connectivity index (χ2v) is 4.94. The van der Waals surface area contributed by atoms with Crippen molar-refractivity contribution in [2.24, 2.45) is 0 Å². The van der Waals surface area contributed by atoms with Crippen LogP contribution in [0.5, 0.6) is 5.75 Å². The van der Waals surface area contributed by atoms with E-state index in [1.54, 1.807) is 11.3 Å². The van der Waals surface area contributed by atoms with Crippen molar-refractivity contribution in [2.45, 2.75) is 6.92 Å². The van der Waals surface area contributed by atoms with Crippen molar-refractivity contribution in [3.8, 4) is 16.2 Å². The molecule has 3 aromatic heterocycles. The zero-order valence-electron chi connectivity index (χ0n) is 9.79. The predicted molar refractivity (Wildman–Crippen MR) is 72.0 cm³/mol. The van der Waals surface area contributed by atoms with Gasteiger partial charge in [0.05, 0.1) is 6.20 Å².